The van der Waals surface area contributed by atoms with E-state index in [1.165, 1.54) is 11.3 Å². The van der Waals surface area contributed by atoms with Gasteiger partial charge in [-0.25, -0.2) is 4.98 Å². The summed E-state index contributed by atoms with van der Waals surface area (Å²) in [6.45, 7) is 2.27. The number of nitrogens with zero attached hydrogens (tertiary/aromatic N) is 2. The summed E-state index contributed by atoms with van der Waals surface area (Å²) >= 11 is 4.78. The standard InChI is InChI=1S/C15H14BrN3O2S/c1-9-8-22-15(17-9)18-14(21)10-5-13(20)19(7-10)12-4-2-3-11(16)6-12/h2-4,6,8,10H,5,7H2,1H3,(H,17,18,21)/t10-/m1/s1. The molecule has 2 amide bonds. The molecule has 0 bridgehead atoms. The predicted molar refractivity (Wildman–Crippen MR) is 90.1 cm³/mol. The van der Waals surface area contributed by atoms with Crippen molar-refractivity contribution in [3.8, 4) is 0 Å². The first-order valence-electron chi connectivity index (χ1n) is 6.82. The van der Waals surface area contributed by atoms with Crippen molar-refractivity contribution >= 4 is 49.9 Å². The van der Waals surface area contributed by atoms with Crippen molar-refractivity contribution in [3.63, 3.8) is 0 Å². The third-order valence-corrected chi connectivity index (χ3v) is 4.83. The molecule has 5 nitrogen and oxygen atoms in total. The fraction of sp³-hybridized carbons (Fsp3) is 0.267. The van der Waals surface area contributed by atoms with Gasteiger partial charge in [0.1, 0.15) is 0 Å². The Labute approximate surface area is 140 Å². The van der Waals surface area contributed by atoms with Gasteiger partial charge in [0.05, 0.1) is 11.6 Å². The predicted octanol–water partition coefficient (Wildman–Crippen LogP) is 3.21. The van der Waals surface area contributed by atoms with Crippen LogP contribution in [0.4, 0.5) is 10.8 Å². The van der Waals surface area contributed by atoms with Crippen LogP contribution in [0, 0.1) is 12.8 Å². The first-order valence-corrected chi connectivity index (χ1v) is 8.49. The topological polar surface area (TPSA) is 62.3 Å². The molecule has 1 saturated heterocycles. The fourth-order valence-corrected chi connectivity index (χ4v) is 3.47. The van der Waals surface area contributed by atoms with Gasteiger partial charge in [0, 0.05) is 28.5 Å². The number of aryl methyl sites for hydroxylation is 1. The second-order valence-corrected chi connectivity index (χ2v) is 6.94. The summed E-state index contributed by atoms with van der Waals surface area (Å²) in [5.41, 5.74) is 1.68. The van der Waals surface area contributed by atoms with Crippen LogP contribution in [0.3, 0.4) is 0 Å². The summed E-state index contributed by atoms with van der Waals surface area (Å²) in [7, 11) is 0. The number of benzene rings is 1. The van der Waals surface area contributed by atoms with E-state index in [9.17, 15) is 9.59 Å². The maximum Gasteiger partial charge on any atom is 0.231 e. The smallest absolute Gasteiger partial charge is 0.231 e. The largest absolute Gasteiger partial charge is 0.312 e. The summed E-state index contributed by atoms with van der Waals surface area (Å²) < 4.78 is 0.906. The van der Waals surface area contributed by atoms with Gasteiger partial charge < -0.3 is 10.2 Å². The average molecular weight is 380 g/mol. The van der Waals surface area contributed by atoms with Gasteiger partial charge in [-0.05, 0) is 25.1 Å². The number of aromatic nitrogens is 1. The van der Waals surface area contributed by atoms with E-state index in [4.69, 9.17) is 0 Å². The molecule has 0 spiro atoms. The molecule has 1 fully saturated rings. The average Bonchev–Trinajstić information content (AvgIpc) is 3.05. The number of amides is 2. The van der Waals surface area contributed by atoms with Gasteiger partial charge in [0.25, 0.3) is 0 Å². The van der Waals surface area contributed by atoms with Gasteiger partial charge >= 0.3 is 0 Å². The molecule has 2 heterocycles. The van der Waals surface area contributed by atoms with Crippen LogP contribution in [0.5, 0.6) is 0 Å². The molecular weight excluding hydrogens is 366 g/mol. The molecule has 2 aromatic rings. The highest BCUT2D eigenvalue weighted by atomic mass is 79.9. The second kappa shape index (κ2) is 6.18. The van der Waals surface area contributed by atoms with Gasteiger partial charge in [-0.3, -0.25) is 9.59 Å². The van der Waals surface area contributed by atoms with Gasteiger partial charge in [-0.15, -0.1) is 11.3 Å². The summed E-state index contributed by atoms with van der Waals surface area (Å²) in [6, 6.07) is 7.52. The van der Waals surface area contributed by atoms with Crippen molar-refractivity contribution in [2.75, 3.05) is 16.8 Å². The fourth-order valence-electron chi connectivity index (χ4n) is 2.40. The number of hydrogen-bond acceptors (Lipinski definition) is 4. The van der Waals surface area contributed by atoms with Crippen LogP contribution in [-0.2, 0) is 9.59 Å². The Morgan fingerprint density at radius 3 is 3.00 bits per heavy atom. The number of carbonyl (C=O) groups is 2. The van der Waals surface area contributed by atoms with Gasteiger partial charge in [0.2, 0.25) is 11.8 Å². The Bertz CT molecular complexity index is 731. The molecule has 1 aromatic heterocycles. The highest BCUT2D eigenvalue weighted by Gasteiger charge is 2.35. The van der Waals surface area contributed by atoms with E-state index in [-0.39, 0.29) is 24.2 Å². The summed E-state index contributed by atoms with van der Waals surface area (Å²) in [5.74, 6) is -0.538. The second-order valence-electron chi connectivity index (χ2n) is 5.17. The Morgan fingerprint density at radius 2 is 2.32 bits per heavy atom. The number of hydrogen-bond donors (Lipinski definition) is 1. The number of rotatable bonds is 3. The van der Waals surface area contributed by atoms with Crippen LogP contribution >= 0.6 is 27.3 Å². The van der Waals surface area contributed by atoms with E-state index in [1.807, 2.05) is 36.6 Å². The number of halogens is 1. The molecule has 22 heavy (non-hydrogen) atoms. The van der Waals surface area contributed by atoms with Crippen molar-refractivity contribution in [3.05, 3.63) is 39.8 Å². The molecule has 1 aromatic carbocycles. The zero-order valence-electron chi connectivity index (χ0n) is 11.9. The van der Waals surface area contributed by atoms with E-state index in [0.29, 0.717) is 11.7 Å². The normalized spacial score (nSPS) is 17.8. The lowest BCUT2D eigenvalue weighted by Crippen LogP contribution is -2.28. The van der Waals surface area contributed by atoms with Gasteiger partial charge in [-0.2, -0.15) is 0 Å². The SMILES string of the molecule is Cc1csc(NC(=O)[C@@H]2CC(=O)N(c3cccc(Br)c3)C2)n1. The molecule has 0 aliphatic carbocycles. The third-order valence-electron chi connectivity index (χ3n) is 3.46. The van der Waals surface area contributed by atoms with Crippen LogP contribution in [0.25, 0.3) is 0 Å². The molecule has 114 valence electrons. The number of thiazole rings is 1. The summed E-state index contributed by atoms with van der Waals surface area (Å²) in [6.07, 6.45) is 0.225. The molecule has 1 aliphatic rings. The van der Waals surface area contributed by atoms with E-state index >= 15 is 0 Å². The lowest BCUT2D eigenvalue weighted by Gasteiger charge is -2.16. The molecule has 3 rings (SSSR count). The van der Waals surface area contributed by atoms with Crippen molar-refractivity contribution in [2.45, 2.75) is 13.3 Å². The maximum absolute atomic E-state index is 12.3. The molecule has 7 heteroatoms. The van der Waals surface area contributed by atoms with Crippen molar-refractivity contribution in [1.82, 2.24) is 4.98 Å². The first kappa shape index (κ1) is 15.2. The van der Waals surface area contributed by atoms with Crippen LogP contribution < -0.4 is 10.2 Å². The minimum atomic E-state index is -0.351. The summed E-state index contributed by atoms with van der Waals surface area (Å²) in [4.78, 5) is 30.3. The van der Waals surface area contributed by atoms with Gasteiger partial charge in [0.15, 0.2) is 5.13 Å². The van der Waals surface area contributed by atoms with Crippen LogP contribution in [-0.4, -0.2) is 23.3 Å². The number of anilines is 2. The highest BCUT2D eigenvalue weighted by Crippen LogP contribution is 2.28. The minimum Gasteiger partial charge on any atom is -0.312 e. The Hall–Kier alpha value is -1.73. The number of carbonyl (C=O) groups excluding carboxylic acids is 2. The number of nitrogens with one attached hydrogen (secondary N) is 1. The van der Waals surface area contributed by atoms with Gasteiger partial charge in [-0.1, -0.05) is 22.0 Å². The Kier molecular flexibility index (Phi) is 4.26. The molecular formula is C15H14BrN3O2S. The van der Waals surface area contributed by atoms with Crippen molar-refractivity contribution < 1.29 is 9.59 Å². The van der Waals surface area contributed by atoms with E-state index < -0.39 is 0 Å². The quantitative estimate of drug-likeness (QED) is 0.890. The molecule has 0 unspecified atom stereocenters. The third kappa shape index (κ3) is 3.20. The lowest BCUT2D eigenvalue weighted by atomic mass is 10.1. The van der Waals surface area contributed by atoms with Crippen molar-refractivity contribution in [1.29, 1.82) is 0 Å². The van der Waals surface area contributed by atoms with Crippen LogP contribution in [0.15, 0.2) is 34.1 Å². The lowest BCUT2D eigenvalue weighted by molar-refractivity contribution is -0.122. The maximum atomic E-state index is 12.3. The minimum absolute atomic E-state index is 0.0337. The zero-order valence-corrected chi connectivity index (χ0v) is 14.3. The molecule has 1 N–H and O–H groups in total. The Morgan fingerprint density at radius 1 is 1.50 bits per heavy atom. The van der Waals surface area contributed by atoms with Crippen LogP contribution in [0.2, 0.25) is 0 Å². The molecule has 0 radical (unpaired) electrons. The van der Waals surface area contributed by atoms with E-state index in [1.54, 1.807) is 4.90 Å². The zero-order chi connectivity index (χ0) is 15.7. The van der Waals surface area contributed by atoms with E-state index in [2.05, 4.69) is 26.2 Å². The first-order chi connectivity index (χ1) is 10.5. The van der Waals surface area contributed by atoms with Crippen molar-refractivity contribution in [2.24, 2.45) is 5.92 Å². The highest BCUT2D eigenvalue weighted by molar-refractivity contribution is 9.10. The Balaban J connectivity index is 1.70. The van der Waals surface area contributed by atoms with Crippen LogP contribution in [0.1, 0.15) is 12.1 Å². The van der Waals surface area contributed by atoms with E-state index in [0.717, 1.165) is 15.9 Å². The molecule has 1 atom stereocenters. The molecule has 0 saturated carbocycles. The monoisotopic (exact) mass is 379 g/mol. The summed E-state index contributed by atoms with van der Waals surface area (Å²) in [5, 5.41) is 5.25. The molecule has 1 aliphatic heterocycles.